The molecule has 0 bridgehead atoms. The van der Waals surface area contributed by atoms with Crippen LogP contribution in [0.5, 0.6) is 0 Å². The number of oxime groups is 1. The smallest absolute Gasteiger partial charge is 0.400 e. The molecule has 0 saturated carbocycles. The van der Waals surface area contributed by atoms with E-state index >= 15 is 0 Å². The molecule has 0 spiro atoms. The molecule has 0 saturated heterocycles. The first-order valence-corrected chi connectivity index (χ1v) is 5.10. The van der Waals surface area contributed by atoms with Crippen molar-refractivity contribution in [3.63, 3.8) is 0 Å². The van der Waals surface area contributed by atoms with Gasteiger partial charge in [0.05, 0.1) is 6.61 Å². The summed E-state index contributed by atoms with van der Waals surface area (Å²) < 4.78 is 37.7. The molecular formula is C9H18F3N3O2. The highest BCUT2D eigenvalue weighted by molar-refractivity contribution is 5.83. The van der Waals surface area contributed by atoms with Crippen LogP contribution >= 0.6 is 0 Å². The number of nitrogens with zero attached hydrogens (tertiary/aromatic N) is 1. The normalized spacial score (nSPS) is 18.8. The highest BCUT2D eigenvalue weighted by Crippen LogP contribution is 2.26. The van der Waals surface area contributed by atoms with E-state index in [0.29, 0.717) is 6.42 Å². The zero-order valence-corrected chi connectivity index (χ0v) is 9.75. The number of aliphatic hydroxyl groups is 1. The van der Waals surface area contributed by atoms with Gasteiger partial charge >= 0.3 is 6.18 Å². The zero-order valence-electron chi connectivity index (χ0n) is 9.75. The molecule has 0 aromatic rings. The molecule has 0 heterocycles. The van der Waals surface area contributed by atoms with E-state index in [-0.39, 0.29) is 6.61 Å². The summed E-state index contributed by atoms with van der Waals surface area (Å²) in [6.07, 6.45) is -4.16. The van der Waals surface area contributed by atoms with Crippen LogP contribution < -0.4 is 11.1 Å². The summed E-state index contributed by atoms with van der Waals surface area (Å²) in [5.41, 5.74) is 4.17. The van der Waals surface area contributed by atoms with Crippen molar-refractivity contribution in [1.82, 2.24) is 5.32 Å². The molecule has 5 nitrogen and oxygen atoms in total. The predicted octanol–water partition coefficient (Wildman–Crippen LogP) is 0.662. The second-order valence-corrected chi connectivity index (χ2v) is 4.07. The molecule has 5 N–H and O–H groups in total. The van der Waals surface area contributed by atoms with Crippen molar-refractivity contribution >= 4 is 5.84 Å². The lowest BCUT2D eigenvalue weighted by Gasteiger charge is -2.30. The van der Waals surface area contributed by atoms with Crippen LogP contribution in [-0.2, 0) is 0 Å². The fourth-order valence-corrected chi connectivity index (χ4v) is 1.10. The van der Waals surface area contributed by atoms with Gasteiger partial charge in [-0.05, 0) is 13.3 Å². The van der Waals surface area contributed by atoms with E-state index in [0.717, 1.165) is 0 Å². The van der Waals surface area contributed by atoms with Crippen LogP contribution in [-0.4, -0.2) is 41.0 Å². The van der Waals surface area contributed by atoms with Crippen LogP contribution in [0.15, 0.2) is 5.16 Å². The number of hydrogen-bond acceptors (Lipinski definition) is 4. The van der Waals surface area contributed by atoms with Gasteiger partial charge in [-0.3, -0.25) is 0 Å². The number of aliphatic hydroxyl groups excluding tert-OH is 1. The second kappa shape index (κ2) is 6.06. The second-order valence-electron chi connectivity index (χ2n) is 4.07. The lowest BCUT2D eigenvalue weighted by Crippen LogP contribution is -2.51. The Kier molecular flexibility index (Phi) is 5.70. The fourth-order valence-electron chi connectivity index (χ4n) is 1.10. The summed E-state index contributed by atoms with van der Waals surface area (Å²) in [7, 11) is 0. The van der Waals surface area contributed by atoms with Gasteiger partial charge in [0.1, 0.15) is 5.92 Å². The summed E-state index contributed by atoms with van der Waals surface area (Å²) in [6.45, 7) is 2.47. The first-order valence-electron chi connectivity index (χ1n) is 5.10. The van der Waals surface area contributed by atoms with Gasteiger partial charge in [0.25, 0.3) is 0 Å². The molecule has 0 rings (SSSR count). The minimum Gasteiger partial charge on any atom is -0.409 e. The molecule has 0 amide bonds. The van der Waals surface area contributed by atoms with Crippen molar-refractivity contribution in [1.29, 1.82) is 0 Å². The number of hydrogen-bond donors (Lipinski definition) is 4. The molecule has 0 radical (unpaired) electrons. The van der Waals surface area contributed by atoms with Crippen LogP contribution in [0.2, 0.25) is 0 Å². The molecule has 0 aliphatic rings. The Morgan fingerprint density at radius 3 is 2.29 bits per heavy atom. The SMILES string of the molecule is CCC(C)(CO)NCC(C(N)=NO)C(F)(F)F. The summed E-state index contributed by atoms with van der Waals surface area (Å²) in [5, 5.41) is 22.3. The Bertz CT molecular complexity index is 265. The molecule has 2 unspecified atom stereocenters. The average Bonchev–Trinajstić information content (AvgIpc) is 2.26. The van der Waals surface area contributed by atoms with Crippen molar-refractivity contribution in [2.45, 2.75) is 32.0 Å². The van der Waals surface area contributed by atoms with E-state index in [2.05, 4.69) is 10.5 Å². The van der Waals surface area contributed by atoms with Gasteiger partial charge in [0.2, 0.25) is 0 Å². The lowest BCUT2D eigenvalue weighted by atomic mass is 9.98. The maximum atomic E-state index is 12.6. The lowest BCUT2D eigenvalue weighted by molar-refractivity contribution is -0.155. The molecule has 102 valence electrons. The van der Waals surface area contributed by atoms with E-state index in [1.54, 1.807) is 13.8 Å². The summed E-state index contributed by atoms with van der Waals surface area (Å²) in [5.74, 6) is -2.98. The fraction of sp³-hybridized carbons (Fsp3) is 0.889. The third-order valence-electron chi connectivity index (χ3n) is 2.73. The minimum atomic E-state index is -4.60. The highest BCUT2D eigenvalue weighted by Gasteiger charge is 2.43. The number of halogens is 3. The summed E-state index contributed by atoms with van der Waals surface area (Å²) in [4.78, 5) is 0. The molecule has 0 aliphatic carbocycles. The first-order chi connectivity index (χ1) is 7.70. The molecule has 0 aliphatic heterocycles. The number of rotatable bonds is 6. The molecular weight excluding hydrogens is 239 g/mol. The number of nitrogens with two attached hydrogens (primary N) is 1. The van der Waals surface area contributed by atoms with Gasteiger partial charge in [0, 0.05) is 12.1 Å². The molecule has 0 fully saturated rings. The third-order valence-corrected chi connectivity index (χ3v) is 2.73. The standard InChI is InChI=1S/C9H18F3N3O2/c1-3-8(2,5-16)14-4-6(7(13)15-17)9(10,11)12/h6,14,16-17H,3-5H2,1-2H3,(H2,13,15). The van der Waals surface area contributed by atoms with E-state index in [4.69, 9.17) is 16.0 Å². The topological polar surface area (TPSA) is 90.9 Å². The van der Waals surface area contributed by atoms with Crippen LogP contribution in [0.3, 0.4) is 0 Å². The molecule has 8 heteroatoms. The average molecular weight is 257 g/mol. The van der Waals surface area contributed by atoms with E-state index < -0.39 is 30.0 Å². The van der Waals surface area contributed by atoms with Crippen molar-refractivity contribution in [2.75, 3.05) is 13.2 Å². The van der Waals surface area contributed by atoms with Crippen LogP contribution in [0, 0.1) is 5.92 Å². The summed E-state index contributed by atoms with van der Waals surface area (Å²) in [6, 6.07) is 0. The van der Waals surface area contributed by atoms with Gasteiger partial charge < -0.3 is 21.4 Å². The maximum Gasteiger partial charge on any atom is 0.400 e. The van der Waals surface area contributed by atoms with Gasteiger partial charge in [-0.15, -0.1) is 0 Å². The monoisotopic (exact) mass is 257 g/mol. The highest BCUT2D eigenvalue weighted by atomic mass is 19.4. The van der Waals surface area contributed by atoms with E-state index in [1.165, 1.54) is 0 Å². The Balaban J connectivity index is 4.69. The first kappa shape index (κ1) is 16.0. The van der Waals surface area contributed by atoms with E-state index in [1.807, 2.05) is 0 Å². The Morgan fingerprint density at radius 2 is 2.00 bits per heavy atom. The van der Waals surface area contributed by atoms with Crippen molar-refractivity contribution in [3.8, 4) is 0 Å². The van der Waals surface area contributed by atoms with E-state index in [9.17, 15) is 13.2 Å². The van der Waals surface area contributed by atoms with Gasteiger partial charge in [-0.1, -0.05) is 12.1 Å². The zero-order chi connectivity index (χ0) is 13.7. The Morgan fingerprint density at radius 1 is 1.47 bits per heavy atom. The van der Waals surface area contributed by atoms with Gasteiger partial charge in [-0.2, -0.15) is 13.2 Å². The van der Waals surface area contributed by atoms with Crippen LogP contribution in [0.4, 0.5) is 13.2 Å². The molecule has 0 aromatic carbocycles. The van der Waals surface area contributed by atoms with Crippen molar-refractivity contribution in [3.05, 3.63) is 0 Å². The molecule has 2 atom stereocenters. The Hall–Kier alpha value is -1.02. The third kappa shape index (κ3) is 4.78. The van der Waals surface area contributed by atoms with Gasteiger partial charge in [-0.25, -0.2) is 0 Å². The Labute approximate surface area is 97.5 Å². The maximum absolute atomic E-state index is 12.6. The number of nitrogens with one attached hydrogen (secondary N) is 1. The largest absolute Gasteiger partial charge is 0.409 e. The molecule has 0 aromatic heterocycles. The molecule has 17 heavy (non-hydrogen) atoms. The predicted molar refractivity (Wildman–Crippen MR) is 56.7 cm³/mol. The van der Waals surface area contributed by atoms with Crippen LogP contribution in [0.1, 0.15) is 20.3 Å². The van der Waals surface area contributed by atoms with Gasteiger partial charge in [0.15, 0.2) is 5.84 Å². The summed E-state index contributed by atoms with van der Waals surface area (Å²) >= 11 is 0. The van der Waals surface area contributed by atoms with Crippen molar-refractivity contribution < 1.29 is 23.5 Å². The number of alkyl halides is 3. The quantitative estimate of drug-likeness (QED) is 0.243. The number of amidine groups is 1. The minimum absolute atomic E-state index is 0.301. The van der Waals surface area contributed by atoms with Crippen LogP contribution in [0.25, 0.3) is 0 Å². The van der Waals surface area contributed by atoms with Crippen molar-refractivity contribution in [2.24, 2.45) is 16.8 Å².